The van der Waals surface area contributed by atoms with E-state index < -0.39 is 23.2 Å². The third kappa shape index (κ3) is 2.84. The molecule has 0 fully saturated rings. The monoisotopic (exact) mass is 316 g/mol. The number of rotatable bonds is 2. The van der Waals surface area contributed by atoms with Gasteiger partial charge in [0.15, 0.2) is 0 Å². The second-order valence-corrected chi connectivity index (χ2v) is 4.69. The highest BCUT2D eigenvalue weighted by Gasteiger charge is 2.15. The molecule has 0 bridgehead atoms. The molecule has 20 heavy (non-hydrogen) atoms. The van der Waals surface area contributed by atoms with Crippen LogP contribution in [0.5, 0.6) is 0 Å². The maximum absolute atomic E-state index is 13.3. The fraction of sp³-hybridized carbons (Fsp3) is 0. The molecule has 2 aromatic carbocycles. The van der Waals surface area contributed by atoms with Gasteiger partial charge in [-0.15, -0.1) is 0 Å². The van der Waals surface area contributed by atoms with Crippen LogP contribution >= 0.6 is 23.2 Å². The maximum atomic E-state index is 13.3. The van der Waals surface area contributed by atoms with E-state index in [-0.39, 0.29) is 21.3 Å². The first kappa shape index (κ1) is 14.6. The first-order valence-electron chi connectivity index (χ1n) is 5.40. The molecule has 3 nitrogen and oxygen atoms in total. The van der Waals surface area contributed by atoms with E-state index in [4.69, 9.17) is 28.9 Å². The lowest BCUT2D eigenvalue weighted by Crippen LogP contribution is -2.13. The predicted octanol–water partition coefficient (Wildman–Crippen LogP) is 4.11. The predicted molar refractivity (Wildman–Crippen MR) is 75.2 cm³/mol. The lowest BCUT2D eigenvalue weighted by Gasteiger charge is -2.09. The molecule has 0 saturated carbocycles. The van der Waals surface area contributed by atoms with E-state index in [2.05, 4.69) is 5.32 Å². The zero-order valence-electron chi connectivity index (χ0n) is 9.88. The van der Waals surface area contributed by atoms with Crippen LogP contribution in [0.3, 0.4) is 0 Å². The maximum Gasteiger partial charge on any atom is 0.255 e. The molecule has 7 heteroatoms. The summed E-state index contributed by atoms with van der Waals surface area (Å²) >= 11 is 11.7. The number of halogens is 4. The van der Waals surface area contributed by atoms with Gasteiger partial charge in [0, 0.05) is 5.56 Å². The molecule has 0 aliphatic heterocycles. The number of hydrogen-bond acceptors (Lipinski definition) is 2. The summed E-state index contributed by atoms with van der Waals surface area (Å²) in [7, 11) is 0. The summed E-state index contributed by atoms with van der Waals surface area (Å²) < 4.78 is 26.6. The molecule has 104 valence electrons. The Labute approximate surface area is 123 Å². The smallest absolute Gasteiger partial charge is 0.255 e. The summed E-state index contributed by atoms with van der Waals surface area (Å²) in [5.41, 5.74) is 4.51. The van der Waals surface area contributed by atoms with Gasteiger partial charge in [0.1, 0.15) is 17.3 Å². The highest BCUT2D eigenvalue weighted by Crippen LogP contribution is 2.30. The number of hydrogen-bond donors (Lipinski definition) is 2. The Kier molecular flexibility index (Phi) is 4.11. The molecule has 0 unspecified atom stereocenters. The van der Waals surface area contributed by atoms with Crippen molar-refractivity contribution < 1.29 is 13.6 Å². The molecule has 2 aromatic rings. The van der Waals surface area contributed by atoms with E-state index in [1.807, 2.05) is 0 Å². The largest absolute Gasteiger partial charge is 0.394 e. The number of nitrogen functional groups attached to an aromatic ring is 1. The molecule has 2 rings (SSSR count). The summed E-state index contributed by atoms with van der Waals surface area (Å²) in [4.78, 5) is 11.9. The van der Waals surface area contributed by atoms with Crippen LogP contribution in [0.2, 0.25) is 10.0 Å². The molecule has 0 saturated heterocycles. The molecule has 0 aliphatic carbocycles. The summed E-state index contributed by atoms with van der Waals surface area (Å²) in [6, 6.07) is 6.31. The second-order valence-electron chi connectivity index (χ2n) is 3.91. The highest BCUT2D eigenvalue weighted by molar-refractivity contribution is 6.44. The van der Waals surface area contributed by atoms with Crippen LogP contribution < -0.4 is 11.1 Å². The van der Waals surface area contributed by atoms with E-state index in [1.54, 1.807) is 12.1 Å². The summed E-state index contributed by atoms with van der Waals surface area (Å²) in [5.74, 6) is -2.74. The Morgan fingerprint density at radius 2 is 1.75 bits per heavy atom. The van der Waals surface area contributed by atoms with Crippen LogP contribution in [0.25, 0.3) is 0 Å². The molecule has 0 heterocycles. The third-order valence-electron chi connectivity index (χ3n) is 2.54. The molecular formula is C13H8Cl2F2N2O. The third-order valence-corrected chi connectivity index (χ3v) is 3.36. The van der Waals surface area contributed by atoms with Gasteiger partial charge in [0.25, 0.3) is 5.91 Å². The van der Waals surface area contributed by atoms with Crippen molar-refractivity contribution in [3.63, 3.8) is 0 Å². The van der Waals surface area contributed by atoms with E-state index >= 15 is 0 Å². The quantitative estimate of drug-likeness (QED) is 0.819. The SMILES string of the molecule is Nc1c(F)cc(C(=O)Nc2cccc(Cl)c2Cl)cc1F. The molecule has 0 spiro atoms. The van der Waals surface area contributed by atoms with Crippen molar-refractivity contribution in [3.05, 3.63) is 57.6 Å². The number of benzene rings is 2. The van der Waals surface area contributed by atoms with Crippen molar-refractivity contribution in [2.45, 2.75) is 0 Å². The Bertz CT molecular complexity index is 669. The van der Waals surface area contributed by atoms with Gasteiger partial charge in [-0.3, -0.25) is 4.79 Å². The minimum Gasteiger partial charge on any atom is -0.394 e. The highest BCUT2D eigenvalue weighted by atomic mass is 35.5. The second kappa shape index (κ2) is 5.64. The van der Waals surface area contributed by atoms with E-state index in [0.717, 1.165) is 12.1 Å². The van der Waals surface area contributed by atoms with Gasteiger partial charge in [-0.05, 0) is 24.3 Å². The van der Waals surface area contributed by atoms with Crippen molar-refractivity contribution in [3.8, 4) is 0 Å². The van der Waals surface area contributed by atoms with Crippen LogP contribution in [0, 0.1) is 11.6 Å². The normalized spacial score (nSPS) is 10.4. The minimum absolute atomic E-state index is 0.138. The topological polar surface area (TPSA) is 55.1 Å². The summed E-state index contributed by atoms with van der Waals surface area (Å²) in [6.07, 6.45) is 0. The van der Waals surface area contributed by atoms with Crippen molar-refractivity contribution in [1.82, 2.24) is 0 Å². The van der Waals surface area contributed by atoms with Crippen molar-refractivity contribution in [2.75, 3.05) is 11.1 Å². The number of amides is 1. The summed E-state index contributed by atoms with van der Waals surface area (Å²) in [6.45, 7) is 0. The van der Waals surface area contributed by atoms with Crippen LogP contribution in [-0.4, -0.2) is 5.91 Å². The number of carbonyl (C=O) groups is 1. The molecule has 1 amide bonds. The summed E-state index contributed by atoms with van der Waals surface area (Å²) in [5, 5.41) is 2.80. The number of carbonyl (C=O) groups excluding carboxylic acids is 1. The Morgan fingerprint density at radius 1 is 1.15 bits per heavy atom. The van der Waals surface area contributed by atoms with Crippen molar-refractivity contribution in [1.29, 1.82) is 0 Å². The van der Waals surface area contributed by atoms with Crippen LogP contribution in [-0.2, 0) is 0 Å². The lowest BCUT2D eigenvalue weighted by atomic mass is 10.1. The zero-order valence-corrected chi connectivity index (χ0v) is 11.4. The van der Waals surface area contributed by atoms with Gasteiger partial charge in [-0.25, -0.2) is 8.78 Å². The van der Waals surface area contributed by atoms with Crippen LogP contribution in [0.4, 0.5) is 20.2 Å². The number of anilines is 2. The standard InChI is InChI=1S/C13H8Cl2F2N2O/c14-7-2-1-3-10(11(7)15)19-13(20)6-4-8(16)12(18)9(17)5-6/h1-5H,18H2,(H,19,20). The average Bonchev–Trinajstić information content (AvgIpc) is 2.40. The van der Waals surface area contributed by atoms with Crippen LogP contribution in [0.15, 0.2) is 30.3 Å². The number of nitrogens with one attached hydrogen (secondary N) is 1. The Morgan fingerprint density at radius 3 is 2.35 bits per heavy atom. The fourth-order valence-corrected chi connectivity index (χ4v) is 1.86. The van der Waals surface area contributed by atoms with Gasteiger partial charge in [0.05, 0.1) is 15.7 Å². The van der Waals surface area contributed by atoms with E-state index in [1.165, 1.54) is 6.07 Å². The number of nitrogens with two attached hydrogens (primary N) is 1. The van der Waals surface area contributed by atoms with Crippen molar-refractivity contribution >= 4 is 40.5 Å². The van der Waals surface area contributed by atoms with Gasteiger partial charge in [0.2, 0.25) is 0 Å². The molecule has 0 aliphatic rings. The van der Waals surface area contributed by atoms with Crippen molar-refractivity contribution in [2.24, 2.45) is 0 Å². The molecular weight excluding hydrogens is 309 g/mol. The Hall–Kier alpha value is -1.85. The van der Waals surface area contributed by atoms with E-state index in [0.29, 0.717) is 0 Å². The van der Waals surface area contributed by atoms with Gasteiger partial charge in [-0.1, -0.05) is 29.3 Å². The molecule has 3 N–H and O–H groups in total. The molecule has 0 aromatic heterocycles. The lowest BCUT2D eigenvalue weighted by molar-refractivity contribution is 0.102. The average molecular weight is 317 g/mol. The Balaban J connectivity index is 2.31. The van der Waals surface area contributed by atoms with Crippen LogP contribution in [0.1, 0.15) is 10.4 Å². The van der Waals surface area contributed by atoms with Gasteiger partial charge in [-0.2, -0.15) is 0 Å². The minimum atomic E-state index is -1.01. The fourth-order valence-electron chi connectivity index (χ4n) is 1.51. The first-order chi connectivity index (χ1) is 9.40. The van der Waals surface area contributed by atoms with Gasteiger partial charge >= 0.3 is 0 Å². The van der Waals surface area contributed by atoms with E-state index in [9.17, 15) is 13.6 Å². The first-order valence-corrected chi connectivity index (χ1v) is 6.15. The zero-order chi connectivity index (χ0) is 14.9. The molecule has 0 atom stereocenters. The molecule has 0 radical (unpaired) electrons. The van der Waals surface area contributed by atoms with Gasteiger partial charge < -0.3 is 11.1 Å².